The van der Waals surface area contributed by atoms with Gasteiger partial charge in [-0.25, -0.2) is 8.42 Å². The van der Waals surface area contributed by atoms with E-state index >= 15 is 0 Å². The predicted octanol–water partition coefficient (Wildman–Crippen LogP) is 3.13. The summed E-state index contributed by atoms with van der Waals surface area (Å²) in [6.07, 6.45) is 2.79. The minimum Gasteiger partial charge on any atom is -0.480 e. The Morgan fingerprint density at radius 3 is 2.55 bits per heavy atom. The molecule has 8 heteroatoms. The zero-order valence-corrected chi connectivity index (χ0v) is 17.5. The Morgan fingerprint density at radius 2 is 1.83 bits per heavy atom. The number of amides is 1. The Kier molecular flexibility index (Phi) is 5.81. The van der Waals surface area contributed by atoms with Gasteiger partial charge in [0.05, 0.1) is 4.90 Å². The van der Waals surface area contributed by atoms with Crippen LogP contribution in [0.25, 0.3) is 0 Å². The lowest BCUT2D eigenvalue weighted by Gasteiger charge is -2.25. The molecule has 2 aromatic rings. The second-order valence-electron chi connectivity index (χ2n) is 7.39. The van der Waals surface area contributed by atoms with Crippen molar-refractivity contribution in [3.63, 3.8) is 0 Å². The highest BCUT2D eigenvalue weighted by Crippen LogP contribution is 2.31. The lowest BCUT2D eigenvalue weighted by molar-refractivity contribution is -0.127. The number of ether oxygens (including phenoxy) is 1. The van der Waals surface area contributed by atoms with Crippen LogP contribution in [0.5, 0.6) is 5.75 Å². The van der Waals surface area contributed by atoms with Gasteiger partial charge in [0.15, 0.2) is 6.10 Å². The van der Waals surface area contributed by atoms with E-state index < -0.39 is 16.1 Å². The van der Waals surface area contributed by atoms with Crippen molar-refractivity contribution >= 4 is 27.5 Å². The van der Waals surface area contributed by atoms with E-state index in [0.717, 1.165) is 30.4 Å². The predicted molar refractivity (Wildman–Crippen MR) is 110 cm³/mol. The van der Waals surface area contributed by atoms with Gasteiger partial charge in [0.1, 0.15) is 5.75 Å². The number of carbonyl (C=O) groups excluding carboxylic acids is 1. The van der Waals surface area contributed by atoms with Gasteiger partial charge in [-0.05, 0) is 54.3 Å². The molecule has 1 atom stereocenters. The Morgan fingerprint density at radius 1 is 1.10 bits per heavy atom. The lowest BCUT2D eigenvalue weighted by atomic mass is 10.1. The number of halogens is 1. The number of benzene rings is 2. The third kappa shape index (κ3) is 4.42. The molecule has 6 nitrogen and oxygen atoms in total. The van der Waals surface area contributed by atoms with Gasteiger partial charge in [-0.1, -0.05) is 30.2 Å². The summed E-state index contributed by atoms with van der Waals surface area (Å²) < 4.78 is 32.6. The van der Waals surface area contributed by atoms with Crippen LogP contribution < -0.4 is 10.1 Å². The van der Waals surface area contributed by atoms with Gasteiger partial charge in [-0.15, -0.1) is 0 Å². The average molecular weight is 435 g/mol. The largest absolute Gasteiger partial charge is 0.480 e. The van der Waals surface area contributed by atoms with E-state index in [-0.39, 0.29) is 5.91 Å². The number of sulfonamides is 1. The van der Waals surface area contributed by atoms with E-state index in [0.29, 0.717) is 41.7 Å². The molecule has 154 valence electrons. The SMILES string of the molecule is O=C(NCc1ccc(S(=O)(=O)N2CCCCC2)cc1)[C@H]1Cc2cc(Cl)ccc2O1. The lowest BCUT2D eigenvalue weighted by Crippen LogP contribution is -2.37. The molecule has 2 heterocycles. The maximum Gasteiger partial charge on any atom is 0.261 e. The fraction of sp³-hybridized carbons (Fsp3) is 0.381. The Balaban J connectivity index is 1.34. The Hall–Kier alpha value is -2.09. The van der Waals surface area contributed by atoms with Crippen LogP contribution in [0.4, 0.5) is 0 Å². The minimum atomic E-state index is -3.44. The second kappa shape index (κ2) is 8.34. The fourth-order valence-electron chi connectivity index (χ4n) is 3.70. The molecular weight excluding hydrogens is 412 g/mol. The second-order valence-corrected chi connectivity index (χ2v) is 9.76. The highest BCUT2D eigenvalue weighted by molar-refractivity contribution is 7.89. The van der Waals surface area contributed by atoms with Crippen LogP contribution in [-0.2, 0) is 27.8 Å². The van der Waals surface area contributed by atoms with E-state index in [1.165, 1.54) is 0 Å². The van der Waals surface area contributed by atoms with Crippen molar-refractivity contribution in [1.82, 2.24) is 9.62 Å². The molecule has 0 aliphatic carbocycles. The van der Waals surface area contributed by atoms with Gasteiger partial charge < -0.3 is 10.1 Å². The molecule has 2 aliphatic rings. The van der Waals surface area contributed by atoms with Crippen LogP contribution in [0.15, 0.2) is 47.4 Å². The van der Waals surface area contributed by atoms with Crippen molar-refractivity contribution < 1.29 is 17.9 Å². The maximum absolute atomic E-state index is 12.7. The number of piperidine rings is 1. The average Bonchev–Trinajstić information content (AvgIpc) is 3.16. The van der Waals surface area contributed by atoms with Crippen LogP contribution in [0.1, 0.15) is 30.4 Å². The molecule has 4 rings (SSSR count). The van der Waals surface area contributed by atoms with E-state index in [2.05, 4.69) is 5.32 Å². The highest BCUT2D eigenvalue weighted by atomic mass is 35.5. The molecule has 1 amide bonds. The third-order valence-electron chi connectivity index (χ3n) is 5.33. The number of rotatable bonds is 5. The first kappa shape index (κ1) is 20.2. The van der Waals surface area contributed by atoms with Crippen molar-refractivity contribution in [3.05, 3.63) is 58.6 Å². The monoisotopic (exact) mass is 434 g/mol. The summed E-state index contributed by atoms with van der Waals surface area (Å²) in [5.74, 6) is 0.476. The summed E-state index contributed by atoms with van der Waals surface area (Å²) in [6.45, 7) is 1.46. The van der Waals surface area contributed by atoms with Gasteiger partial charge in [0.2, 0.25) is 10.0 Å². The van der Waals surface area contributed by atoms with Gasteiger partial charge in [0, 0.05) is 31.1 Å². The summed E-state index contributed by atoms with van der Waals surface area (Å²) in [4.78, 5) is 12.7. The summed E-state index contributed by atoms with van der Waals surface area (Å²) in [5.41, 5.74) is 1.75. The maximum atomic E-state index is 12.7. The van der Waals surface area contributed by atoms with E-state index in [1.54, 1.807) is 40.7 Å². The summed E-state index contributed by atoms with van der Waals surface area (Å²) in [6, 6.07) is 12.0. The molecule has 0 spiro atoms. The summed E-state index contributed by atoms with van der Waals surface area (Å²) in [5, 5.41) is 3.47. The number of hydrogen-bond acceptors (Lipinski definition) is 4. The molecule has 0 radical (unpaired) electrons. The molecule has 29 heavy (non-hydrogen) atoms. The van der Waals surface area contributed by atoms with Crippen molar-refractivity contribution in [1.29, 1.82) is 0 Å². The van der Waals surface area contributed by atoms with Gasteiger partial charge in [-0.3, -0.25) is 4.79 Å². The normalized spacial score (nSPS) is 19.4. The molecule has 2 aromatic carbocycles. The van der Waals surface area contributed by atoms with Crippen molar-refractivity contribution in [2.75, 3.05) is 13.1 Å². The fourth-order valence-corrected chi connectivity index (χ4v) is 5.41. The van der Waals surface area contributed by atoms with Crippen LogP contribution in [0.2, 0.25) is 5.02 Å². The topological polar surface area (TPSA) is 75.7 Å². The zero-order valence-electron chi connectivity index (χ0n) is 15.9. The first-order valence-electron chi connectivity index (χ1n) is 9.75. The molecule has 1 N–H and O–H groups in total. The third-order valence-corrected chi connectivity index (χ3v) is 7.48. The molecule has 2 aliphatic heterocycles. The molecular formula is C21H23ClN2O4S. The molecule has 0 saturated carbocycles. The quantitative estimate of drug-likeness (QED) is 0.784. The number of fused-ring (bicyclic) bond motifs is 1. The van der Waals surface area contributed by atoms with Crippen LogP contribution in [0.3, 0.4) is 0 Å². The van der Waals surface area contributed by atoms with Gasteiger partial charge >= 0.3 is 0 Å². The van der Waals surface area contributed by atoms with Crippen LogP contribution in [-0.4, -0.2) is 37.8 Å². The van der Waals surface area contributed by atoms with E-state index in [4.69, 9.17) is 16.3 Å². The molecule has 1 saturated heterocycles. The van der Waals surface area contributed by atoms with Crippen molar-refractivity contribution in [3.8, 4) is 5.75 Å². The summed E-state index contributed by atoms with van der Waals surface area (Å²) >= 11 is 5.98. The number of carbonyl (C=O) groups is 1. The van der Waals surface area contributed by atoms with E-state index in [1.807, 2.05) is 6.07 Å². The van der Waals surface area contributed by atoms with Gasteiger partial charge in [0.25, 0.3) is 5.91 Å². The standard InChI is InChI=1S/C21H23ClN2O4S/c22-17-6-9-19-16(12-17)13-20(28-19)21(25)23-14-15-4-7-18(8-5-15)29(26,27)24-10-2-1-3-11-24/h4-9,12,20H,1-3,10-11,13-14H2,(H,23,25)/t20-/m1/s1. The van der Waals surface area contributed by atoms with E-state index in [9.17, 15) is 13.2 Å². The molecule has 1 fully saturated rings. The summed E-state index contributed by atoms with van der Waals surface area (Å²) in [7, 11) is -3.44. The first-order chi connectivity index (χ1) is 13.9. The number of nitrogens with zero attached hydrogens (tertiary/aromatic N) is 1. The molecule has 0 aromatic heterocycles. The van der Waals surface area contributed by atoms with Crippen LogP contribution >= 0.6 is 11.6 Å². The Labute approximate surface area is 175 Å². The highest BCUT2D eigenvalue weighted by Gasteiger charge is 2.29. The molecule has 0 bridgehead atoms. The smallest absolute Gasteiger partial charge is 0.261 e. The van der Waals surface area contributed by atoms with Crippen LogP contribution in [0, 0.1) is 0 Å². The molecule has 0 unspecified atom stereocenters. The van der Waals surface area contributed by atoms with Crippen molar-refractivity contribution in [2.45, 2.75) is 43.2 Å². The zero-order chi connectivity index (χ0) is 20.4. The van der Waals surface area contributed by atoms with Crippen molar-refractivity contribution in [2.24, 2.45) is 0 Å². The number of hydrogen-bond donors (Lipinski definition) is 1. The minimum absolute atomic E-state index is 0.206. The Bertz CT molecular complexity index is 1000. The first-order valence-corrected chi connectivity index (χ1v) is 11.6. The van der Waals surface area contributed by atoms with Gasteiger partial charge in [-0.2, -0.15) is 4.31 Å². The number of nitrogens with one attached hydrogen (secondary N) is 1.